The second-order valence-corrected chi connectivity index (χ2v) is 12.7. The van der Waals surface area contributed by atoms with Crippen LogP contribution in [0.4, 0.5) is 0 Å². The predicted octanol–water partition coefficient (Wildman–Crippen LogP) is 7.66. The lowest BCUT2D eigenvalue weighted by Gasteiger charge is -2.35. The van der Waals surface area contributed by atoms with Gasteiger partial charge in [0.05, 0.1) is 13.0 Å². The van der Waals surface area contributed by atoms with Gasteiger partial charge in [0.25, 0.3) is 0 Å². The average Bonchev–Trinajstić information content (AvgIpc) is 3.80. The number of hydrogen-bond acceptors (Lipinski definition) is 5. The highest BCUT2D eigenvalue weighted by Crippen LogP contribution is 2.48. The standard InChI is InChI=1S/C35H44N2O4/c1-7-37(35(3,4)5)21-28-18-26(12-14-29(28)25-16-17-36-32(20-25)40-6)30-15-13-23-8-11-27(19-31(23)41-30)33(24-9-10-24)22(2)34(38)39/h8,11-12,14,16-20,22,24,30,33H,7,9-10,13,15,21H2,1-6H3,(H,38,39)/t22-,30-,33?/m0/s1. The maximum atomic E-state index is 11.9. The average molecular weight is 557 g/mol. The minimum absolute atomic E-state index is 0.0276. The molecule has 218 valence electrons. The molecule has 5 rings (SSSR count). The molecule has 1 aromatic heterocycles. The molecule has 1 unspecified atom stereocenters. The summed E-state index contributed by atoms with van der Waals surface area (Å²) in [7, 11) is 1.65. The Morgan fingerprint density at radius 2 is 1.90 bits per heavy atom. The van der Waals surface area contributed by atoms with E-state index in [9.17, 15) is 9.90 Å². The third-order valence-corrected chi connectivity index (χ3v) is 8.93. The van der Waals surface area contributed by atoms with Crippen LogP contribution in [-0.2, 0) is 17.8 Å². The van der Waals surface area contributed by atoms with Crippen molar-refractivity contribution in [1.82, 2.24) is 9.88 Å². The van der Waals surface area contributed by atoms with Gasteiger partial charge in [0.15, 0.2) is 0 Å². The normalized spacial score (nSPS) is 18.4. The van der Waals surface area contributed by atoms with Crippen molar-refractivity contribution in [3.63, 3.8) is 0 Å². The topological polar surface area (TPSA) is 71.9 Å². The van der Waals surface area contributed by atoms with E-state index in [2.05, 4.69) is 74.0 Å². The molecular weight excluding hydrogens is 512 g/mol. The first-order valence-corrected chi connectivity index (χ1v) is 15.0. The van der Waals surface area contributed by atoms with Crippen LogP contribution in [0.3, 0.4) is 0 Å². The number of carbonyl (C=O) groups is 1. The van der Waals surface area contributed by atoms with Crippen molar-refractivity contribution in [2.24, 2.45) is 11.8 Å². The van der Waals surface area contributed by atoms with Crippen LogP contribution in [0, 0.1) is 11.8 Å². The Balaban J connectivity index is 1.47. The minimum atomic E-state index is -0.728. The van der Waals surface area contributed by atoms with E-state index < -0.39 is 11.9 Å². The third kappa shape index (κ3) is 6.43. The lowest BCUT2D eigenvalue weighted by atomic mass is 9.82. The van der Waals surface area contributed by atoms with Crippen molar-refractivity contribution in [3.05, 3.63) is 77.0 Å². The third-order valence-electron chi connectivity index (χ3n) is 8.93. The van der Waals surface area contributed by atoms with Crippen LogP contribution in [0.15, 0.2) is 54.7 Å². The molecule has 2 aromatic carbocycles. The maximum Gasteiger partial charge on any atom is 0.306 e. The first-order chi connectivity index (χ1) is 19.6. The van der Waals surface area contributed by atoms with Crippen LogP contribution in [0.2, 0.25) is 0 Å². The number of aryl methyl sites for hydroxylation is 1. The van der Waals surface area contributed by atoms with Gasteiger partial charge in [0, 0.05) is 24.3 Å². The van der Waals surface area contributed by atoms with E-state index in [1.54, 1.807) is 13.3 Å². The molecule has 6 heteroatoms. The molecule has 1 N–H and O–H groups in total. The molecule has 6 nitrogen and oxygen atoms in total. The number of fused-ring (bicyclic) bond motifs is 1. The number of carboxylic acids is 1. The predicted molar refractivity (Wildman–Crippen MR) is 162 cm³/mol. The fourth-order valence-corrected chi connectivity index (χ4v) is 6.35. The van der Waals surface area contributed by atoms with Crippen LogP contribution >= 0.6 is 0 Å². The Morgan fingerprint density at radius 1 is 1.12 bits per heavy atom. The zero-order valence-corrected chi connectivity index (χ0v) is 25.3. The van der Waals surface area contributed by atoms with E-state index in [0.717, 1.165) is 55.6 Å². The van der Waals surface area contributed by atoms with Crippen LogP contribution < -0.4 is 9.47 Å². The second-order valence-electron chi connectivity index (χ2n) is 12.7. The molecular formula is C35H44N2O4. The molecule has 1 fully saturated rings. The van der Waals surface area contributed by atoms with Crippen molar-refractivity contribution in [2.45, 2.75) is 84.4 Å². The van der Waals surface area contributed by atoms with Gasteiger partial charge in [-0.3, -0.25) is 9.69 Å². The fraction of sp³-hybridized carbons (Fsp3) is 0.486. The summed E-state index contributed by atoms with van der Waals surface area (Å²) in [5.41, 5.74) is 7.00. The Morgan fingerprint density at radius 3 is 2.56 bits per heavy atom. The molecule has 2 aliphatic rings. The molecule has 1 aliphatic heterocycles. The molecule has 3 aromatic rings. The second kappa shape index (κ2) is 11.8. The fourth-order valence-electron chi connectivity index (χ4n) is 6.35. The first-order valence-electron chi connectivity index (χ1n) is 15.0. The van der Waals surface area contributed by atoms with Crippen molar-refractivity contribution in [3.8, 4) is 22.8 Å². The van der Waals surface area contributed by atoms with E-state index in [1.807, 2.05) is 19.1 Å². The van der Waals surface area contributed by atoms with Gasteiger partial charge in [0.1, 0.15) is 11.9 Å². The van der Waals surface area contributed by atoms with Crippen LogP contribution in [-0.4, -0.2) is 40.2 Å². The number of benzene rings is 2. The molecule has 0 bridgehead atoms. The van der Waals surface area contributed by atoms with E-state index >= 15 is 0 Å². The largest absolute Gasteiger partial charge is 0.485 e. The maximum absolute atomic E-state index is 11.9. The van der Waals surface area contributed by atoms with Crippen molar-refractivity contribution in [2.75, 3.05) is 13.7 Å². The molecule has 41 heavy (non-hydrogen) atoms. The van der Waals surface area contributed by atoms with Crippen LogP contribution in [0.1, 0.15) is 88.2 Å². The van der Waals surface area contributed by atoms with Crippen molar-refractivity contribution < 1.29 is 19.4 Å². The van der Waals surface area contributed by atoms with E-state index in [4.69, 9.17) is 9.47 Å². The van der Waals surface area contributed by atoms with Gasteiger partial charge < -0.3 is 14.6 Å². The number of aliphatic carboxylic acids is 1. The van der Waals surface area contributed by atoms with E-state index in [1.165, 1.54) is 22.3 Å². The summed E-state index contributed by atoms with van der Waals surface area (Å²) in [4.78, 5) is 18.7. The van der Waals surface area contributed by atoms with Gasteiger partial charge in [-0.2, -0.15) is 0 Å². The number of nitrogens with zero attached hydrogens (tertiary/aromatic N) is 2. The summed E-state index contributed by atoms with van der Waals surface area (Å²) in [5, 5.41) is 9.76. The highest BCUT2D eigenvalue weighted by Gasteiger charge is 2.39. The van der Waals surface area contributed by atoms with Gasteiger partial charge in [-0.25, -0.2) is 4.98 Å². The van der Waals surface area contributed by atoms with Gasteiger partial charge in [-0.05, 0) is 110 Å². The number of carboxylic acid groups (broad SMARTS) is 1. The lowest BCUT2D eigenvalue weighted by Crippen LogP contribution is -2.40. The summed E-state index contributed by atoms with van der Waals surface area (Å²) in [6.45, 7) is 12.6. The smallest absolute Gasteiger partial charge is 0.306 e. The number of ether oxygens (including phenoxy) is 2. The molecule has 0 amide bonds. The van der Waals surface area contributed by atoms with Gasteiger partial charge in [-0.1, -0.05) is 44.2 Å². The molecule has 0 radical (unpaired) electrons. The summed E-state index contributed by atoms with van der Waals surface area (Å²) in [6.07, 6.45) is 5.78. The number of hydrogen-bond donors (Lipinski definition) is 1. The summed E-state index contributed by atoms with van der Waals surface area (Å²) < 4.78 is 12.1. The van der Waals surface area contributed by atoms with Gasteiger partial charge in [0.2, 0.25) is 5.88 Å². The van der Waals surface area contributed by atoms with E-state index in [-0.39, 0.29) is 17.6 Å². The van der Waals surface area contributed by atoms with Crippen molar-refractivity contribution in [1.29, 1.82) is 0 Å². The number of rotatable bonds is 10. The summed E-state index contributed by atoms with van der Waals surface area (Å²) >= 11 is 0. The minimum Gasteiger partial charge on any atom is -0.485 e. The van der Waals surface area contributed by atoms with Gasteiger partial charge >= 0.3 is 5.97 Å². The zero-order chi connectivity index (χ0) is 29.3. The molecule has 0 saturated heterocycles. The number of aromatic nitrogens is 1. The summed E-state index contributed by atoms with van der Waals surface area (Å²) in [6, 6.07) is 17.2. The molecule has 0 spiro atoms. The highest BCUT2D eigenvalue weighted by molar-refractivity contribution is 5.71. The quantitative estimate of drug-likeness (QED) is 0.276. The monoisotopic (exact) mass is 556 g/mol. The Kier molecular flexibility index (Phi) is 8.42. The Hall–Kier alpha value is -3.38. The zero-order valence-electron chi connectivity index (χ0n) is 25.3. The molecule has 2 heterocycles. The van der Waals surface area contributed by atoms with Crippen LogP contribution in [0.25, 0.3) is 11.1 Å². The SMILES string of the molecule is CCN(Cc1cc([C@@H]2CCc3ccc(C(C4CC4)[C@H](C)C(=O)O)cc3O2)ccc1-c1ccnc(OC)c1)C(C)(C)C. The molecule has 3 atom stereocenters. The number of methoxy groups -OCH3 is 1. The Labute approximate surface area is 244 Å². The molecule has 1 saturated carbocycles. The highest BCUT2D eigenvalue weighted by atomic mass is 16.5. The van der Waals surface area contributed by atoms with Crippen molar-refractivity contribution >= 4 is 5.97 Å². The van der Waals surface area contributed by atoms with Gasteiger partial charge in [-0.15, -0.1) is 0 Å². The van der Waals surface area contributed by atoms with Crippen LogP contribution in [0.5, 0.6) is 11.6 Å². The Bertz CT molecular complexity index is 1390. The number of pyridine rings is 1. The summed E-state index contributed by atoms with van der Waals surface area (Å²) in [5.74, 6) is 0.842. The first kappa shape index (κ1) is 29.1. The molecule has 1 aliphatic carbocycles. The lowest BCUT2D eigenvalue weighted by molar-refractivity contribution is -0.142. The van der Waals surface area contributed by atoms with E-state index in [0.29, 0.717) is 11.8 Å².